The van der Waals surface area contributed by atoms with Gasteiger partial charge in [-0.1, -0.05) is 6.07 Å². The van der Waals surface area contributed by atoms with Crippen LogP contribution >= 0.6 is 15.9 Å². The number of hydrogen-bond donors (Lipinski definition) is 3. The second-order valence-corrected chi connectivity index (χ2v) is 7.58. The molecule has 2 amide bonds. The molecule has 9 heteroatoms. The number of hydrogen-bond acceptors (Lipinski definition) is 6. The van der Waals surface area contributed by atoms with E-state index in [0.29, 0.717) is 18.4 Å². The predicted molar refractivity (Wildman–Crippen MR) is 114 cm³/mol. The Labute approximate surface area is 173 Å². The van der Waals surface area contributed by atoms with Gasteiger partial charge in [0.2, 0.25) is 5.95 Å². The summed E-state index contributed by atoms with van der Waals surface area (Å²) in [4.78, 5) is 22.9. The maximum atomic E-state index is 12.3. The Hall–Kier alpha value is -2.39. The minimum atomic E-state index is -0.0619. The van der Waals surface area contributed by atoms with E-state index in [4.69, 9.17) is 4.74 Å². The van der Waals surface area contributed by atoms with Crippen molar-refractivity contribution in [2.45, 2.75) is 25.8 Å². The first-order chi connectivity index (χ1) is 13.5. The fourth-order valence-corrected chi connectivity index (χ4v) is 3.29. The van der Waals surface area contributed by atoms with Crippen LogP contribution in [0.2, 0.25) is 0 Å². The van der Waals surface area contributed by atoms with Gasteiger partial charge in [-0.05, 0) is 53.9 Å². The monoisotopic (exact) mass is 448 g/mol. The third-order valence-electron chi connectivity index (χ3n) is 4.31. The lowest BCUT2D eigenvalue weighted by Crippen LogP contribution is -2.32. The number of amides is 2. The standard InChI is InChI=1S/C19H25BrN6O2/c1-13(12-28-2)22-17-16(20)11-21-18(25-17)23-14-6-5-7-15(10-14)24-19(27)26-8-3-4-9-26/h5-7,10-11,13H,3-4,8-9,12H2,1-2H3,(H,24,27)(H2,21,22,23,25). The number of aromatic nitrogens is 2. The molecule has 1 aliphatic rings. The predicted octanol–water partition coefficient (Wildman–Crippen LogP) is 4.06. The van der Waals surface area contributed by atoms with Gasteiger partial charge in [-0.15, -0.1) is 0 Å². The zero-order valence-electron chi connectivity index (χ0n) is 16.0. The van der Waals surface area contributed by atoms with Crippen molar-refractivity contribution in [2.24, 2.45) is 0 Å². The molecule has 0 radical (unpaired) electrons. The maximum Gasteiger partial charge on any atom is 0.321 e. The average Bonchev–Trinajstić information content (AvgIpc) is 3.20. The summed E-state index contributed by atoms with van der Waals surface area (Å²) in [7, 11) is 1.66. The fourth-order valence-electron chi connectivity index (χ4n) is 2.98. The smallest absolute Gasteiger partial charge is 0.321 e. The molecule has 3 N–H and O–H groups in total. The molecule has 1 aromatic carbocycles. The quantitative estimate of drug-likeness (QED) is 0.591. The molecule has 2 heterocycles. The Bertz CT molecular complexity index is 813. The van der Waals surface area contributed by atoms with E-state index in [9.17, 15) is 4.79 Å². The van der Waals surface area contributed by atoms with Crippen molar-refractivity contribution in [1.82, 2.24) is 14.9 Å². The zero-order chi connectivity index (χ0) is 19.9. The minimum absolute atomic E-state index is 0.0619. The van der Waals surface area contributed by atoms with E-state index in [1.54, 1.807) is 13.3 Å². The summed E-state index contributed by atoms with van der Waals surface area (Å²) in [6.07, 6.45) is 3.82. The van der Waals surface area contributed by atoms with Crippen molar-refractivity contribution >= 4 is 45.1 Å². The van der Waals surface area contributed by atoms with Crippen LogP contribution in [0.15, 0.2) is 34.9 Å². The van der Waals surface area contributed by atoms with Gasteiger partial charge >= 0.3 is 6.03 Å². The number of rotatable bonds is 7. The third kappa shape index (κ3) is 5.56. The van der Waals surface area contributed by atoms with Gasteiger partial charge in [0.05, 0.1) is 11.1 Å². The van der Waals surface area contributed by atoms with E-state index >= 15 is 0 Å². The molecule has 0 bridgehead atoms. The number of anilines is 4. The van der Waals surface area contributed by atoms with Crippen LogP contribution in [0.25, 0.3) is 0 Å². The highest BCUT2D eigenvalue weighted by molar-refractivity contribution is 9.10. The molecule has 0 saturated carbocycles. The van der Waals surface area contributed by atoms with Crippen LogP contribution in [-0.2, 0) is 4.74 Å². The molecular weight excluding hydrogens is 424 g/mol. The van der Waals surface area contributed by atoms with Gasteiger partial charge in [-0.2, -0.15) is 4.98 Å². The van der Waals surface area contributed by atoms with Crippen molar-refractivity contribution in [2.75, 3.05) is 42.8 Å². The van der Waals surface area contributed by atoms with Gasteiger partial charge in [0.25, 0.3) is 0 Å². The number of ether oxygens (including phenoxy) is 1. The van der Waals surface area contributed by atoms with Crippen LogP contribution in [-0.4, -0.2) is 53.7 Å². The fraction of sp³-hybridized carbons (Fsp3) is 0.421. The van der Waals surface area contributed by atoms with Crippen LogP contribution in [0.4, 0.5) is 27.9 Å². The first-order valence-electron chi connectivity index (χ1n) is 9.26. The second-order valence-electron chi connectivity index (χ2n) is 6.72. The second kappa shape index (κ2) is 9.70. The summed E-state index contributed by atoms with van der Waals surface area (Å²) < 4.78 is 5.92. The van der Waals surface area contributed by atoms with Crippen molar-refractivity contribution in [3.63, 3.8) is 0 Å². The molecule has 150 valence electrons. The van der Waals surface area contributed by atoms with Gasteiger partial charge in [0, 0.05) is 43.8 Å². The van der Waals surface area contributed by atoms with Crippen molar-refractivity contribution < 1.29 is 9.53 Å². The largest absolute Gasteiger partial charge is 0.383 e. The molecule has 2 aromatic rings. The first-order valence-corrected chi connectivity index (χ1v) is 10.1. The number of halogens is 1. The highest BCUT2D eigenvalue weighted by atomic mass is 79.9. The number of likely N-dealkylation sites (tertiary alicyclic amines) is 1. The molecule has 1 aromatic heterocycles. The summed E-state index contributed by atoms with van der Waals surface area (Å²) in [6, 6.07) is 7.54. The van der Waals surface area contributed by atoms with E-state index in [1.165, 1.54) is 0 Å². The molecule has 1 fully saturated rings. The normalized spacial score (nSPS) is 14.6. The lowest BCUT2D eigenvalue weighted by molar-refractivity contribution is 0.190. The van der Waals surface area contributed by atoms with E-state index in [0.717, 1.165) is 41.8 Å². The summed E-state index contributed by atoms with van der Waals surface area (Å²) in [5.41, 5.74) is 1.52. The third-order valence-corrected chi connectivity index (χ3v) is 4.89. The lowest BCUT2D eigenvalue weighted by atomic mass is 10.3. The first kappa shape index (κ1) is 20.3. The molecule has 1 unspecified atom stereocenters. The number of benzene rings is 1. The summed E-state index contributed by atoms with van der Waals surface area (Å²) in [5.74, 6) is 1.14. The van der Waals surface area contributed by atoms with Crippen molar-refractivity contribution in [1.29, 1.82) is 0 Å². The van der Waals surface area contributed by atoms with E-state index < -0.39 is 0 Å². The lowest BCUT2D eigenvalue weighted by Gasteiger charge is -2.17. The Morgan fingerprint density at radius 2 is 2.07 bits per heavy atom. The van der Waals surface area contributed by atoms with Crippen LogP contribution < -0.4 is 16.0 Å². The Kier molecular flexibility index (Phi) is 7.05. The summed E-state index contributed by atoms with van der Waals surface area (Å²) in [6.45, 7) is 4.21. The molecule has 0 spiro atoms. The number of nitrogens with one attached hydrogen (secondary N) is 3. The summed E-state index contributed by atoms with van der Waals surface area (Å²) >= 11 is 3.46. The van der Waals surface area contributed by atoms with Gasteiger partial charge in [-0.3, -0.25) is 0 Å². The molecule has 8 nitrogen and oxygen atoms in total. The highest BCUT2D eigenvalue weighted by Gasteiger charge is 2.17. The van der Waals surface area contributed by atoms with E-state index in [2.05, 4.69) is 41.8 Å². The Balaban J connectivity index is 1.67. The van der Waals surface area contributed by atoms with Gasteiger partial charge in [0.1, 0.15) is 5.82 Å². The molecular formula is C19H25BrN6O2. The summed E-state index contributed by atoms with van der Waals surface area (Å²) in [5, 5.41) is 9.40. The highest BCUT2D eigenvalue weighted by Crippen LogP contribution is 2.24. The average molecular weight is 449 g/mol. The van der Waals surface area contributed by atoms with Crippen LogP contribution in [0.3, 0.4) is 0 Å². The number of nitrogens with zero attached hydrogens (tertiary/aromatic N) is 3. The van der Waals surface area contributed by atoms with Crippen LogP contribution in [0, 0.1) is 0 Å². The molecule has 1 saturated heterocycles. The van der Waals surface area contributed by atoms with E-state index in [1.807, 2.05) is 36.1 Å². The van der Waals surface area contributed by atoms with Crippen LogP contribution in [0.1, 0.15) is 19.8 Å². The molecule has 1 atom stereocenters. The van der Waals surface area contributed by atoms with E-state index in [-0.39, 0.29) is 12.1 Å². The number of methoxy groups -OCH3 is 1. The Morgan fingerprint density at radius 3 is 2.82 bits per heavy atom. The van der Waals surface area contributed by atoms with Gasteiger partial charge in [-0.25, -0.2) is 9.78 Å². The number of carbonyl (C=O) groups is 1. The molecule has 0 aliphatic carbocycles. The molecule has 1 aliphatic heterocycles. The maximum absolute atomic E-state index is 12.3. The Morgan fingerprint density at radius 1 is 1.32 bits per heavy atom. The van der Waals surface area contributed by atoms with Gasteiger partial charge in [0.15, 0.2) is 0 Å². The van der Waals surface area contributed by atoms with Crippen molar-refractivity contribution in [3.8, 4) is 0 Å². The van der Waals surface area contributed by atoms with Crippen LogP contribution in [0.5, 0.6) is 0 Å². The van der Waals surface area contributed by atoms with Gasteiger partial charge < -0.3 is 25.6 Å². The van der Waals surface area contributed by atoms with Crippen molar-refractivity contribution in [3.05, 3.63) is 34.9 Å². The molecule has 28 heavy (non-hydrogen) atoms. The topological polar surface area (TPSA) is 91.4 Å². The zero-order valence-corrected chi connectivity index (χ0v) is 17.6. The SMILES string of the molecule is COCC(C)Nc1nc(Nc2cccc(NC(=O)N3CCCC3)c2)ncc1Br. The molecule has 3 rings (SSSR count). The minimum Gasteiger partial charge on any atom is -0.383 e. The number of carbonyl (C=O) groups excluding carboxylic acids is 1. The number of urea groups is 1.